The van der Waals surface area contributed by atoms with Gasteiger partial charge >= 0.3 is 0 Å². The topological polar surface area (TPSA) is 41.5 Å². The first-order valence-corrected chi connectivity index (χ1v) is 6.20. The van der Waals surface area contributed by atoms with Gasteiger partial charge in [-0.2, -0.15) is 0 Å². The fraction of sp³-hybridized carbons (Fsp3) is 0.500. The zero-order valence-electron chi connectivity index (χ0n) is 9.24. The van der Waals surface area contributed by atoms with Crippen LogP contribution in [0.5, 0.6) is 0 Å². The van der Waals surface area contributed by atoms with Crippen molar-refractivity contribution in [3.05, 3.63) is 33.8 Å². The Labute approximate surface area is 104 Å². The number of aliphatic hydroxyl groups excluding tert-OH is 1. The second-order valence-corrected chi connectivity index (χ2v) is 5.03. The van der Waals surface area contributed by atoms with Crippen LogP contribution in [0.25, 0.3) is 0 Å². The van der Waals surface area contributed by atoms with Gasteiger partial charge < -0.3 is 15.2 Å². The molecule has 2 unspecified atom stereocenters. The maximum absolute atomic E-state index is 9.57. The minimum absolute atomic E-state index is 0.0556. The molecule has 1 aromatic carbocycles. The standard InChI is InChI=1S/C12H16BrNO2/c1-8-2-3-9(4-10(8)13)5-14-11-6-16-7-12(11)15/h2-4,11-12,14-15H,5-7H2,1H3. The molecule has 2 rings (SSSR count). The Kier molecular flexibility index (Phi) is 3.97. The summed E-state index contributed by atoms with van der Waals surface area (Å²) in [6, 6.07) is 6.34. The summed E-state index contributed by atoms with van der Waals surface area (Å²) in [4.78, 5) is 0. The van der Waals surface area contributed by atoms with Gasteiger partial charge in [0.1, 0.15) is 0 Å². The van der Waals surface area contributed by atoms with E-state index in [0.29, 0.717) is 13.2 Å². The lowest BCUT2D eigenvalue weighted by Gasteiger charge is -2.14. The number of hydrogen-bond donors (Lipinski definition) is 2. The molecule has 0 spiro atoms. The van der Waals surface area contributed by atoms with E-state index in [1.165, 1.54) is 11.1 Å². The summed E-state index contributed by atoms with van der Waals surface area (Å²) < 4.78 is 6.30. The van der Waals surface area contributed by atoms with E-state index >= 15 is 0 Å². The Balaban J connectivity index is 1.91. The third-order valence-corrected chi connectivity index (χ3v) is 3.71. The van der Waals surface area contributed by atoms with Gasteiger partial charge in [0.2, 0.25) is 0 Å². The van der Waals surface area contributed by atoms with Crippen molar-refractivity contribution in [1.82, 2.24) is 5.32 Å². The smallest absolute Gasteiger partial charge is 0.0948 e. The number of benzene rings is 1. The fourth-order valence-electron chi connectivity index (χ4n) is 1.73. The molecule has 0 bridgehead atoms. The first-order chi connectivity index (χ1) is 7.66. The van der Waals surface area contributed by atoms with Gasteiger partial charge in [-0.05, 0) is 24.1 Å². The van der Waals surface area contributed by atoms with Gasteiger partial charge in [-0.3, -0.25) is 0 Å². The molecule has 2 atom stereocenters. The van der Waals surface area contributed by atoms with Gasteiger partial charge in [0.05, 0.1) is 25.4 Å². The Hall–Kier alpha value is -0.420. The van der Waals surface area contributed by atoms with E-state index in [-0.39, 0.29) is 12.1 Å². The molecule has 0 radical (unpaired) electrons. The van der Waals surface area contributed by atoms with Crippen molar-refractivity contribution in [2.24, 2.45) is 0 Å². The number of aryl methyl sites for hydroxylation is 1. The zero-order chi connectivity index (χ0) is 11.5. The van der Waals surface area contributed by atoms with Crippen LogP contribution in [0.15, 0.2) is 22.7 Å². The fourth-order valence-corrected chi connectivity index (χ4v) is 2.16. The highest BCUT2D eigenvalue weighted by atomic mass is 79.9. The molecule has 0 amide bonds. The van der Waals surface area contributed by atoms with Crippen LogP contribution >= 0.6 is 15.9 Å². The average molecular weight is 286 g/mol. The Morgan fingerprint density at radius 2 is 2.31 bits per heavy atom. The highest BCUT2D eigenvalue weighted by molar-refractivity contribution is 9.10. The van der Waals surface area contributed by atoms with Crippen molar-refractivity contribution in [3.63, 3.8) is 0 Å². The predicted molar refractivity (Wildman–Crippen MR) is 66.3 cm³/mol. The van der Waals surface area contributed by atoms with Gasteiger partial charge in [0.25, 0.3) is 0 Å². The van der Waals surface area contributed by atoms with Crippen LogP contribution in [-0.4, -0.2) is 30.5 Å². The van der Waals surface area contributed by atoms with E-state index in [2.05, 4.69) is 46.4 Å². The minimum atomic E-state index is -0.381. The van der Waals surface area contributed by atoms with E-state index in [9.17, 15) is 5.11 Å². The summed E-state index contributed by atoms with van der Waals surface area (Å²) in [6.45, 7) is 3.85. The summed E-state index contributed by atoms with van der Waals surface area (Å²) in [5.74, 6) is 0. The molecule has 1 aliphatic heterocycles. The molecule has 4 heteroatoms. The normalized spacial score (nSPS) is 24.9. The van der Waals surface area contributed by atoms with Crippen molar-refractivity contribution >= 4 is 15.9 Å². The van der Waals surface area contributed by atoms with Crippen molar-refractivity contribution in [2.75, 3.05) is 13.2 Å². The SMILES string of the molecule is Cc1ccc(CNC2COCC2O)cc1Br. The second kappa shape index (κ2) is 5.27. The third-order valence-electron chi connectivity index (χ3n) is 2.86. The molecule has 1 heterocycles. The van der Waals surface area contributed by atoms with Crippen molar-refractivity contribution in [1.29, 1.82) is 0 Å². The molecule has 88 valence electrons. The first-order valence-electron chi connectivity index (χ1n) is 5.41. The lowest BCUT2D eigenvalue weighted by atomic mass is 10.1. The van der Waals surface area contributed by atoms with Crippen molar-refractivity contribution in [3.8, 4) is 0 Å². The van der Waals surface area contributed by atoms with E-state index in [1.807, 2.05) is 0 Å². The molecule has 3 nitrogen and oxygen atoms in total. The minimum Gasteiger partial charge on any atom is -0.389 e. The number of hydrogen-bond acceptors (Lipinski definition) is 3. The van der Waals surface area contributed by atoms with E-state index in [4.69, 9.17) is 4.74 Å². The van der Waals surface area contributed by atoms with Crippen LogP contribution in [0, 0.1) is 6.92 Å². The number of ether oxygens (including phenoxy) is 1. The lowest BCUT2D eigenvalue weighted by Crippen LogP contribution is -2.38. The number of halogens is 1. The average Bonchev–Trinajstić information content (AvgIpc) is 2.66. The molecule has 1 fully saturated rings. The van der Waals surface area contributed by atoms with Gasteiger partial charge in [0, 0.05) is 11.0 Å². The molecular formula is C12H16BrNO2. The maximum Gasteiger partial charge on any atom is 0.0948 e. The van der Waals surface area contributed by atoms with Gasteiger partial charge in [-0.1, -0.05) is 28.1 Å². The molecular weight excluding hydrogens is 270 g/mol. The molecule has 16 heavy (non-hydrogen) atoms. The van der Waals surface area contributed by atoms with Crippen LogP contribution < -0.4 is 5.32 Å². The number of nitrogens with one attached hydrogen (secondary N) is 1. The molecule has 1 aliphatic rings. The predicted octanol–water partition coefficient (Wildman–Crippen LogP) is 1.61. The highest BCUT2D eigenvalue weighted by Crippen LogP contribution is 2.17. The van der Waals surface area contributed by atoms with Gasteiger partial charge in [0.15, 0.2) is 0 Å². The van der Waals surface area contributed by atoms with Gasteiger partial charge in [-0.25, -0.2) is 0 Å². The molecule has 1 saturated heterocycles. The van der Waals surface area contributed by atoms with E-state index in [0.717, 1.165) is 11.0 Å². The Morgan fingerprint density at radius 1 is 1.50 bits per heavy atom. The molecule has 2 N–H and O–H groups in total. The van der Waals surface area contributed by atoms with Crippen LogP contribution in [0.4, 0.5) is 0 Å². The monoisotopic (exact) mass is 285 g/mol. The summed E-state index contributed by atoms with van der Waals surface area (Å²) in [6.07, 6.45) is -0.381. The summed E-state index contributed by atoms with van der Waals surface area (Å²) in [7, 11) is 0. The van der Waals surface area contributed by atoms with Crippen LogP contribution in [0.2, 0.25) is 0 Å². The summed E-state index contributed by atoms with van der Waals surface area (Å²) in [5.41, 5.74) is 2.43. The molecule has 1 aromatic rings. The lowest BCUT2D eigenvalue weighted by molar-refractivity contribution is 0.122. The third kappa shape index (κ3) is 2.83. The Morgan fingerprint density at radius 3 is 2.94 bits per heavy atom. The first kappa shape index (κ1) is 12.0. The van der Waals surface area contributed by atoms with E-state index < -0.39 is 0 Å². The summed E-state index contributed by atoms with van der Waals surface area (Å²) in [5, 5.41) is 12.9. The van der Waals surface area contributed by atoms with Gasteiger partial charge in [-0.15, -0.1) is 0 Å². The maximum atomic E-state index is 9.57. The quantitative estimate of drug-likeness (QED) is 0.887. The second-order valence-electron chi connectivity index (χ2n) is 4.18. The molecule has 0 aliphatic carbocycles. The summed E-state index contributed by atoms with van der Waals surface area (Å²) >= 11 is 3.51. The highest BCUT2D eigenvalue weighted by Gasteiger charge is 2.25. The van der Waals surface area contributed by atoms with Crippen LogP contribution in [-0.2, 0) is 11.3 Å². The molecule has 0 aromatic heterocycles. The number of aliphatic hydroxyl groups is 1. The van der Waals surface area contributed by atoms with Crippen LogP contribution in [0.1, 0.15) is 11.1 Å². The zero-order valence-corrected chi connectivity index (χ0v) is 10.8. The molecule has 0 saturated carbocycles. The van der Waals surface area contributed by atoms with E-state index in [1.54, 1.807) is 0 Å². The Bertz CT molecular complexity index is 370. The van der Waals surface area contributed by atoms with Crippen molar-refractivity contribution < 1.29 is 9.84 Å². The van der Waals surface area contributed by atoms with Crippen molar-refractivity contribution in [2.45, 2.75) is 25.6 Å². The van der Waals surface area contributed by atoms with Crippen LogP contribution in [0.3, 0.4) is 0 Å². The largest absolute Gasteiger partial charge is 0.389 e. The number of rotatable bonds is 3.